The highest BCUT2D eigenvalue weighted by Gasteiger charge is 2.15. The summed E-state index contributed by atoms with van der Waals surface area (Å²) in [5.74, 6) is 0.583. The van der Waals surface area contributed by atoms with E-state index in [0.29, 0.717) is 5.92 Å². The van der Waals surface area contributed by atoms with E-state index >= 15 is 0 Å². The van der Waals surface area contributed by atoms with Gasteiger partial charge in [-0.15, -0.1) is 0 Å². The average Bonchev–Trinajstić information content (AvgIpc) is 2.88. The van der Waals surface area contributed by atoms with Crippen LogP contribution < -0.4 is 5.73 Å². The second-order valence-corrected chi connectivity index (χ2v) is 5.80. The Labute approximate surface area is 121 Å². The quantitative estimate of drug-likeness (QED) is 0.866. The van der Waals surface area contributed by atoms with Gasteiger partial charge in [0.2, 0.25) is 0 Å². The molecule has 1 heterocycles. The van der Waals surface area contributed by atoms with Crippen LogP contribution >= 0.6 is 0 Å². The van der Waals surface area contributed by atoms with Crippen molar-refractivity contribution in [1.82, 2.24) is 9.55 Å². The summed E-state index contributed by atoms with van der Waals surface area (Å²) >= 11 is 0. The Hall–Kier alpha value is -1.61. The van der Waals surface area contributed by atoms with Gasteiger partial charge in [0, 0.05) is 6.04 Å². The number of para-hydroxylation sites is 1. The van der Waals surface area contributed by atoms with Crippen LogP contribution in [0.2, 0.25) is 0 Å². The fourth-order valence-electron chi connectivity index (χ4n) is 2.64. The van der Waals surface area contributed by atoms with Crippen molar-refractivity contribution in [2.24, 2.45) is 11.7 Å². The molecule has 3 heteroatoms. The Morgan fingerprint density at radius 2 is 2.00 bits per heavy atom. The summed E-state index contributed by atoms with van der Waals surface area (Å²) in [6.07, 6.45) is 6.97. The number of nitrogens with zero attached hydrogens (tertiary/aromatic N) is 2. The molecule has 1 unspecified atom stereocenters. The van der Waals surface area contributed by atoms with Gasteiger partial charge in [-0.05, 0) is 30.4 Å². The molecule has 2 N–H and O–H groups in total. The van der Waals surface area contributed by atoms with E-state index in [9.17, 15) is 0 Å². The third-order valence-electron chi connectivity index (χ3n) is 3.54. The zero-order valence-corrected chi connectivity index (χ0v) is 12.7. The third kappa shape index (κ3) is 3.28. The molecular formula is C17H25N3. The molecule has 0 aliphatic heterocycles. The SMILES string of the molecule is CCCc1ccccc1-n1cncc1C(N)CC(C)C. The van der Waals surface area contributed by atoms with E-state index in [-0.39, 0.29) is 6.04 Å². The maximum absolute atomic E-state index is 6.34. The predicted molar refractivity (Wildman–Crippen MR) is 83.9 cm³/mol. The number of hydrogen-bond donors (Lipinski definition) is 1. The van der Waals surface area contributed by atoms with E-state index in [2.05, 4.69) is 54.6 Å². The summed E-state index contributed by atoms with van der Waals surface area (Å²) < 4.78 is 2.15. The van der Waals surface area contributed by atoms with Crippen molar-refractivity contribution in [1.29, 1.82) is 0 Å². The van der Waals surface area contributed by atoms with Crippen LogP contribution in [0, 0.1) is 5.92 Å². The minimum Gasteiger partial charge on any atom is -0.323 e. The summed E-state index contributed by atoms with van der Waals surface area (Å²) in [6, 6.07) is 8.55. The second-order valence-electron chi connectivity index (χ2n) is 5.80. The first-order chi connectivity index (χ1) is 9.63. The molecule has 1 atom stereocenters. The fourth-order valence-corrected chi connectivity index (χ4v) is 2.64. The van der Waals surface area contributed by atoms with Crippen LogP contribution in [-0.2, 0) is 6.42 Å². The van der Waals surface area contributed by atoms with Gasteiger partial charge < -0.3 is 10.3 Å². The lowest BCUT2D eigenvalue weighted by molar-refractivity contribution is 0.497. The van der Waals surface area contributed by atoms with Gasteiger partial charge in [-0.1, -0.05) is 45.4 Å². The largest absolute Gasteiger partial charge is 0.323 e. The molecule has 108 valence electrons. The molecule has 20 heavy (non-hydrogen) atoms. The number of rotatable bonds is 6. The van der Waals surface area contributed by atoms with Crippen molar-refractivity contribution in [3.05, 3.63) is 48.0 Å². The first-order valence-corrected chi connectivity index (χ1v) is 7.49. The van der Waals surface area contributed by atoms with Crippen LogP contribution in [-0.4, -0.2) is 9.55 Å². The normalized spacial score (nSPS) is 12.8. The molecule has 2 rings (SSSR count). The number of imidazole rings is 1. The topological polar surface area (TPSA) is 43.8 Å². The van der Waals surface area contributed by atoms with E-state index in [1.807, 2.05) is 12.5 Å². The van der Waals surface area contributed by atoms with Crippen molar-refractivity contribution >= 4 is 0 Å². The highest BCUT2D eigenvalue weighted by molar-refractivity contribution is 5.42. The third-order valence-corrected chi connectivity index (χ3v) is 3.54. The molecule has 0 spiro atoms. The van der Waals surface area contributed by atoms with Crippen LogP contribution in [0.25, 0.3) is 5.69 Å². The molecule has 1 aromatic carbocycles. The second kappa shape index (κ2) is 6.71. The van der Waals surface area contributed by atoms with E-state index in [1.54, 1.807) is 0 Å². The Morgan fingerprint density at radius 3 is 2.70 bits per heavy atom. The Kier molecular flexibility index (Phi) is 4.96. The number of aryl methyl sites for hydroxylation is 1. The molecule has 0 aliphatic rings. The molecule has 0 amide bonds. The summed E-state index contributed by atoms with van der Waals surface area (Å²) in [5, 5.41) is 0. The molecule has 1 aromatic heterocycles. The van der Waals surface area contributed by atoms with Crippen LogP contribution in [0.5, 0.6) is 0 Å². The average molecular weight is 271 g/mol. The van der Waals surface area contributed by atoms with Gasteiger partial charge in [0.1, 0.15) is 0 Å². The van der Waals surface area contributed by atoms with Crippen molar-refractivity contribution < 1.29 is 0 Å². The Bertz CT molecular complexity index is 543. The van der Waals surface area contributed by atoms with E-state index in [0.717, 1.165) is 25.0 Å². The zero-order valence-electron chi connectivity index (χ0n) is 12.7. The molecule has 0 bridgehead atoms. The first kappa shape index (κ1) is 14.8. The number of hydrogen-bond acceptors (Lipinski definition) is 2. The van der Waals surface area contributed by atoms with Gasteiger partial charge in [0.05, 0.1) is 23.9 Å². The van der Waals surface area contributed by atoms with E-state index < -0.39 is 0 Å². The van der Waals surface area contributed by atoms with E-state index in [4.69, 9.17) is 5.73 Å². The molecule has 0 saturated carbocycles. The zero-order chi connectivity index (χ0) is 14.5. The van der Waals surface area contributed by atoms with Crippen molar-refractivity contribution in [2.75, 3.05) is 0 Å². The van der Waals surface area contributed by atoms with Crippen molar-refractivity contribution in [3.8, 4) is 5.69 Å². The summed E-state index contributed by atoms with van der Waals surface area (Å²) in [4.78, 5) is 4.31. The van der Waals surface area contributed by atoms with Gasteiger partial charge >= 0.3 is 0 Å². The molecule has 0 saturated heterocycles. The van der Waals surface area contributed by atoms with Crippen molar-refractivity contribution in [3.63, 3.8) is 0 Å². The predicted octanol–water partition coefficient (Wildman–Crippen LogP) is 3.87. The number of aromatic nitrogens is 2. The molecule has 2 aromatic rings. The molecular weight excluding hydrogens is 246 g/mol. The number of nitrogens with two attached hydrogens (primary N) is 1. The van der Waals surface area contributed by atoms with Crippen LogP contribution in [0.3, 0.4) is 0 Å². The van der Waals surface area contributed by atoms with Gasteiger partial charge in [0.15, 0.2) is 0 Å². The lowest BCUT2D eigenvalue weighted by Gasteiger charge is -2.18. The maximum Gasteiger partial charge on any atom is 0.0994 e. The van der Waals surface area contributed by atoms with Gasteiger partial charge in [0.25, 0.3) is 0 Å². The number of benzene rings is 1. The van der Waals surface area contributed by atoms with E-state index in [1.165, 1.54) is 11.3 Å². The van der Waals surface area contributed by atoms with Crippen LogP contribution in [0.1, 0.15) is 50.9 Å². The van der Waals surface area contributed by atoms with Crippen LogP contribution in [0.15, 0.2) is 36.8 Å². The molecule has 0 aliphatic carbocycles. The molecule has 0 fully saturated rings. The first-order valence-electron chi connectivity index (χ1n) is 7.49. The lowest BCUT2D eigenvalue weighted by atomic mass is 10.0. The Morgan fingerprint density at radius 1 is 1.25 bits per heavy atom. The van der Waals surface area contributed by atoms with Crippen LogP contribution in [0.4, 0.5) is 0 Å². The minimum absolute atomic E-state index is 0.0344. The summed E-state index contributed by atoms with van der Waals surface area (Å²) in [6.45, 7) is 6.60. The van der Waals surface area contributed by atoms with Crippen molar-refractivity contribution in [2.45, 2.75) is 46.1 Å². The minimum atomic E-state index is 0.0344. The lowest BCUT2D eigenvalue weighted by Crippen LogP contribution is -2.17. The van der Waals surface area contributed by atoms with Gasteiger partial charge in [-0.25, -0.2) is 4.98 Å². The summed E-state index contributed by atoms with van der Waals surface area (Å²) in [5.41, 5.74) is 10.0. The van der Waals surface area contributed by atoms with Gasteiger partial charge in [-0.3, -0.25) is 0 Å². The molecule has 3 nitrogen and oxygen atoms in total. The maximum atomic E-state index is 6.34. The monoisotopic (exact) mass is 271 g/mol. The highest BCUT2D eigenvalue weighted by Crippen LogP contribution is 2.24. The summed E-state index contributed by atoms with van der Waals surface area (Å²) in [7, 11) is 0. The standard InChI is InChI=1S/C17H25N3/c1-4-7-14-8-5-6-9-16(14)20-12-19-11-17(20)15(18)10-13(2)3/h5-6,8-9,11-13,15H,4,7,10,18H2,1-3H3. The Balaban J connectivity index is 2.37. The smallest absolute Gasteiger partial charge is 0.0994 e. The molecule has 0 radical (unpaired) electrons. The highest BCUT2D eigenvalue weighted by atomic mass is 15.1. The fraction of sp³-hybridized carbons (Fsp3) is 0.471. The van der Waals surface area contributed by atoms with Gasteiger partial charge in [-0.2, -0.15) is 0 Å².